The van der Waals surface area contributed by atoms with E-state index in [2.05, 4.69) is 67.1 Å². The maximum atomic E-state index is 5.39. The first-order chi connectivity index (χ1) is 14.3. The molecule has 6 heterocycles. The number of rotatable bonds is 6. The SMILES string of the molecule is C1CN([PH+](N2CC2)N2CC2)CCO1.C1CN([PH+](N2CC2)N2CC2)CCO1.[I][Pd][I]. The Kier molecular flexibility index (Phi) is 11.1. The van der Waals surface area contributed by atoms with Gasteiger partial charge in [-0.3, -0.25) is 0 Å². The van der Waals surface area contributed by atoms with E-state index in [1.165, 1.54) is 52.4 Å². The summed E-state index contributed by atoms with van der Waals surface area (Å²) in [6, 6.07) is 0. The van der Waals surface area contributed by atoms with Crippen LogP contribution in [0.25, 0.3) is 0 Å². The van der Waals surface area contributed by atoms with E-state index in [1.807, 2.05) is 0 Å². The van der Waals surface area contributed by atoms with Crippen LogP contribution in [0.5, 0.6) is 0 Å². The first-order valence-corrected chi connectivity index (χ1v) is 22.5. The van der Waals surface area contributed by atoms with E-state index in [0.29, 0.717) is 0 Å². The van der Waals surface area contributed by atoms with Gasteiger partial charge in [0, 0.05) is 0 Å². The van der Waals surface area contributed by atoms with Gasteiger partial charge in [-0.05, 0) is 0 Å². The van der Waals surface area contributed by atoms with E-state index in [9.17, 15) is 0 Å². The number of hydrogen-bond acceptors (Lipinski definition) is 8. The summed E-state index contributed by atoms with van der Waals surface area (Å²) < 4.78 is 26.7. The Balaban J connectivity index is 0.000000125. The summed E-state index contributed by atoms with van der Waals surface area (Å²) in [5, 5.41) is 0. The van der Waals surface area contributed by atoms with Gasteiger partial charge in [0.05, 0.1) is 105 Å². The molecule has 0 bridgehead atoms. The molecule has 6 rings (SSSR count). The van der Waals surface area contributed by atoms with Crippen LogP contribution in [-0.2, 0) is 20.2 Å². The fourth-order valence-electron chi connectivity index (χ4n) is 3.73. The van der Waals surface area contributed by atoms with Gasteiger partial charge in [0.25, 0.3) is 0 Å². The second-order valence-corrected chi connectivity index (χ2v) is 24.8. The van der Waals surface area contributed by atoms with Crippen LogP contribution >= 0.6 is 55.8 Å². The minimum absolute atomic E-state index is 0.437. The van der Waals surface area contributed by atoms with Crippen LogP contribution < -0.4 is 0 Å². The average Bonchev–Trinajstić information content (AvgIpc) is 3.59. The molecule has 6 fully saturated rings. The molecule has 0 unspecified atom stereocenters. The quantitative estimate of drug-likeness (QED) is 0.175. The van der Waals surface area contributed by atoms with Crippen LogP contribution in [0.2, 0.25) is 0 Å². The molecule has 0 aromatic carbocycles. The molecular weight excluding hydrogens is 730 g/mol. The Bertz CT molecular complexity index is 428. The van der Waals surface area contributed by atoms with Crippen LogP contribution in [0.3, 0.4) is 0 Å². The zero-order chi connectivity index (χ0) is 20.1. The molecule has 8 nitrogen and oxygen atoms in total. The second-order valence-electron chi connectivity index (χ2n) is 7.79. The first-order valence-electron chi connectivity index (χ1n) is 10.5. The molecule has 0 spiro atoms. The molecule has 0 aliphatic carbocycles. The Hall–Kier alpha value is 2.66. The van der Waals surface area contributed by atoms with Crippen LogP contribution in [-0.4, -0.2) is 133 Å². The van der Waals surface area contributed by atoms with Crippen molar-refractivity contribution in [2.45, 2.75) is 0 Å². The van der Waals surface area contributed by atoms with Gasteiger partial charge in [0.2, 0.25) is 16.7 Å². The Morgan fingerprint density at radius 2 is 0.655 bits per heavy atom. The minimum atomic E-state index is -0.437. The summed E-state index contributed by atoms with van der Waals surface area (Å²) in [7, 11) is 0.0159. The Morgan fingerprint density at radius 3 is 0.862 bits per heavy atom. The number of morpholine rings is 2. The molecule has 6 aliphatic heterocycles. The van der Waals surface area contributed by atoms with E-state index in [0.717, 1.165) is 63.4 Å². The van der Waals surface area contributed by atoms with Gasteiger partial charge in [-0.15, -0.1) is 28.0 Å². The Labute approximate surface area is 207 Å². The summed E-state index contributed by atoms with van der Waals surface area (Å²) >= 11 is 4.65. The zero-order valence-corrected chi connectivity index (χ0v) is 24.8. The molecule has 6 saturated heterocycles. The maximum absolute atomic E-state index is 5.39. The van der Waals surface area contributed by atoms with E-state index in [1.54, 1.807) is 0 Å². The van der Waals surface area contributed by atoms with Crippen molar-refractivity contribution in [1.82, 2.24) is 28.0 Å². The topological polar surface area (TPSA) is 37.0 Å². The molecule has 172 valence electrons. The molecule has 0 N–H and O–H groups in total. The molecule has 0 aromatic heterocycles. The molecule has 0 radical (unpaired) electrons. The molecule has 0 atom stereocenters. The third kappa shape index (κ3) is 8.43. The van der Waals surface area contributed by atoms with Gasteiger partial charge in [0.15, 0.2) is 0 Å². The van der Waals surface area contributed by atoms with Gasteiger partial charge in [0.1, 0.15) is 0 Å². The fraction of sp³-hybridized carbons (Fsp3) is 1.00. The monoisotopic (exact) mass is 764 g/mol. The normalized spacial score (nSPS) is 28.7. The van der Waals surface area contributed by atoms with Gasteiger partial charge in [-0.25, -0.2) is 0 Å². The third-order valence-corrected chi connectivity index (χ3v) is 11.6. The van der Waals surface area contributed by atoms with Crippen LogP contribution in [0, 0.1) is 0 Å². The van der Waals surface area contributed by atoms with Crippen molar-refractivity contribution in [2.75, 3.05) is 105 Å². The van der Waals surface area contributed by atoms with Crippen molar-refractivity contribution < 1.29 is 20.2 Å². The molecule has 0 aromatic rings. The fourth-order valence-corrected chi connectivity index (χ4v) is 9.29. The van der Waals surface area contributed by atoms with Crippen molar-refractivity contribution >= 4 is 55.8 Å². The van der Waals surface area contributed by atoms with E-state index < -0.39 is 16.7 Å². The van der Waals surface area contributed by atoms with Crippen molar-refractivity contribution in [2.24, 2.45) is 0 Å². The number of nitrogens with zero attached hydrogens (tertiary/aromatic N) is 6. The summed E-state index contributed by atoms with van der Waals surface area (Å²) in [5.41, 5.74) is 0. The van der Waals surface area contributed by atoms with Gasteiger partial charge < -0.3 is 9.47 Å². The summed E-state index contributed by atoms with van der Waals surface area (Å²) in [6.07, 6.45) is 0. The summed E-state index contributed by atoms with van der Waals surface area (Å²) in [4.78, 5) is 0. The molecule has 0 saturated carbocycles. The van der Waals surface area contributed by atoms with Crippen LogP contribution in [0.15, 0.2) is 0 Å². The molecule has 29 heavy (non-hydrogen) atoms. The van der Waals surface area contributed by atoms with E-state index in [-0.39, 0.29) is 0 Å². The van der Waals surface area contributed by atoms with E-state index in [4.69, 9.17) is 9.47 Å². The average molecular weight is 765 g/mol. The first kappa shape index (κ1) is 24.8. The van der Waals surface area contributed by atoms with Crippen molar-refractivity contribution in [3.8, 4) is 0 Å². The molecule has 13 heteroatoms. The predicted octanol–water partition coefficient (Wildman–Crippen LogP) is 1.59. The van der Waals surface area contributed by atoms with Crippen LogP contribution in [0.4, 0.5) is 0 Å². The predicted molar refractivity (Wildman–Crippen MR) is 136 cm³/mol. The van der Waals surface area contributed by atoms with E-state index >= 15 is 0 Å². The number of ether oxygens (including phenoxy) is 2. The van der Waals surface area contributed by atoms with Crippen LogP contribution in [0.1, 0.15) is 0 Å². The third-order valence-electron chi connectivity index (χ3n) is 5.51. The standard InChI is InChI=1S/2C8H16N3OP.2HI.Pd/c2*1-2-9(1)13(10-3-4-10)11-5-7-12-8-6-11;;;/h2*1-8H2;2*1H;/q;;;;+2. The van der Waals surface area contributed by atoms with Crippen molar-refractivity contribution in [3.63, 3.8) is 0 Å². The Morgan fingerprint density at radius 1 is 0.448 bits per heavy atom. The number of hydrogen-bond donors (Lipinski definition) is 0. The van der Waals surface area contributed by atoms with Crippen molar-refractivity contribution in [1.29, 1.82) is 0 Å². The van der Waals surface area contributed by atoms with Gasteiger partial charge in [-0.2, -0.15) is 0 Å². The second kappa shape index (κ2) is 12.9. The zero-order valence-electron chi connectivity index (χ0n) is 16.9. The van der Waals surface area contributed by atoms with Gasteiger partial charge >= 0.3 is 49.8 Å². The molecule has 6 aliphatic rings. The van der Waals surface area contributed by atoms with Gasteiger partial charge in [-0.1, -0.05) is 0 Å². The summed E-state index contributed by atoms with van der Waals surface area (Å²) in [6.45, 7) is 19.1. The van der Waals surface area contributed by atoms with Crippen molar-refractivity contribution in [3.05, 3.63) is 0 Å². The molecular formula is C16H34I2N6O2P2Pd+2. The molecule has 0 amide bonds. The summed E-state index contributed by atoms with van der Waals surface area (Å²) in [5.74, 6) is 0. The number of halogens is 2.